The van der Waals surface area contributed by atoms with Crippen LogP contribution >= 0.6 is 11.6 Å². The van der Waals surface area contributed by atoms with Crippen LogP contribution in [0.4, 0.5) is 10.5 Å². The smallest absolute Gasteiger partial charge is 0.450 e. The van der Waals surface area contributed by atoms with Gasteiger partial charge in [-0.05, 0) is 65.9 Å². The van der Waals surface area contributed by atoms with E-state index in [2.05, 4.69) is 9.88 Å². The van der Waals surface area contributed by atoms with Crippen molar-refractivity contribution in [2.24, 2.45) is 5.92 Å². The number of anilines is 1. The molecular formula is C26H27ClN4O6S. The molecule has 0 aliphatic carbocycles. The summed E-state index contributed by atoms with van der Waals surface area (Å²) in [6, 6.07) is 13.6. The first-order chi connectivity index (χ1) is 18.2. The minimum Gasteiger partial charge on any atom is -0.450 e. The molecular weight excluding hydrogens is 532 g/mol. The second kappa shape index (κ2) is 10.8. The molecule has 2 aromatic carbocycles. The number of hydrogen-bond acceptors (Lipinski definition) is 7. The highest BCUT2D eigenvalue weighted by molar-refractivity contribution is 7.89. The van der Waals surface area contributed by atoms with Crippen LogP contribution in [0.5, 0.6) is 0 Å². The lowest BCUT2D eigenvalue weighted by molar-refractivity contribution is -0.151. The molecule has 12 heteroatoms. The summed E-state index contributed by atoms with van der Waals surface area (Å²) in [4.78, 5) is 32.3. The van der Waals surface area contributed by atoms with Gasteiger partial charge < -0.3 is 19.6 Å². The summed E-state index contributed by atoms with van der Waals surface area (Å²) in [6.45, 7) is 1.19. The van der Waals surface area contributed by atoms with Crippen molar-refractivity contribution in [3.8, 4) is 0 Å². The molecule has 0 spiro atoms. The van der Waals surface area contributed by atoms with Gasteiger partial charge in [0, 0.05) is 42.7 Å². The summed E-state index contributed by atoms with van der Waals surface area (Å²) in [5.74, 6) is -0.359. The van der Waals surface area contributed by atoms with E-state index in [4.69, 9.17) is 16.3 Å². The van der Waals surface area contributed by atoms with Gasteiger partial charge in [0.05, 0.1) is 18.0 Å². The molecule has 0 saturated carbocycles. The van der Waals surface area contributed by atoms with Gasteiger partial charge in [-0.1, -0.05) is 23.7 Å². The Balaban J connectivity index is 1.30. The number of ether oxygens (including phenoxy) is 1. The minimum atomic E-state index is -4.09. The molecule has 5 rings (SSSR count). The SMILES string of the molecule is O=C(O)O[C@@H]1CN(S(=O)(=O)c2ccc3cc(Cl)ccc3c2)CC(=O)N1CC1CCN(c2ccncc2)CC1. The highest BCUT2D eigenvalue weighted by Gasteiger charge is 2.41. The second-order valence-corrected chi connectivity index (χ2v) is 11.8. The molecule has 10 nitrogen and oxygen atoms in total. The first-order valence-corrected chi connectivity index (χ1v) is 14.1. The Morgan fingerprint density at radius 2 is 1.74 bits per heavy atom. The quantitative estimate of drug-likeness (QED) is 0.455. The fourth-order valence-corrected chi connectivity index (χ4v) is 6.67. The molecule has 0 radical (unpaired) electrons. The zero-order chi connectivity index (χ0) is 26.9. The van der Waals surface area contributed by atoms with Crippen molar-refractivity contribution in [2.75, 3.05) is 37.6 Å². The molecule has 38 heavy (non-hydrogen) atoms. The number of carboxylic acid groups (broad SMARTS) is 1. The number of pyridine rings is 1. The van der Waals surface area contributed by atoms with Crippen LogP contribution in [0.3, 0.4) is 0 Å². The van der Waals surface area contributed by atoms with Crippen LogP contribution in [0.25, 0.3) is 10.8 Å². The summed E-state index contributed by atoms with van der Waals surface area (Å²) >= 11 is 6.03. The Morgan fingerprint density at radius 1 is 1.05 bits per heavy atom. The molecule has 2 aliphatic rings. The zero-order valence-electron chi connectivity index (χ0n) is 20.4. The Kier molecular flexibility index (Phi) is 7.42. The van der Waals surface area contributed by atoms with E-state index in [1.807, 2.05) is 12.1 Å². The number of aromatic nitrogens is 1. The highest BCUT2D eigenvalue weighted by atomic mass is 35.5. The van der Waals surface area contributed by atoms with Gasteiger partial charge in [-0.3, -0.25) is 9.78 Å². The molecule has 1 aromatic heterocycles. The van der Waals surface area contributed by atoms with E-state index in [1.165, 1.54) is 17.0 Å². The number of nitrogens with zero attached hydrogens (tertiary/aromatic N) is 4. The van der Waals surface area contributed by atoms with Gasteiger partial charge in [-0.15, -0.1) is 0 Å². The summed E-state index contributed by atoms with van der Waals surface area (Å²) in [7, 11) is -4.09. The maximum atomic E-state index is 13.5. The molecule has 1 amide bonds. The van der Waals surface area contributed by atoms with Crippen molar-refractivity contribution >= 4 is 50.1 Å². The van der Waals surface area contributed by atoms with Crippen molar-refractivity contribution in [3.63, 3.8) is 0 Å². The number of benzene rings is 2. The molecule has 0 bridgehead atoms. The van der Waals surface area contributed by atoms with E-state index in [-0.39, 0.29) is 17.4 Å². The fraction of sp³-hybridized carbons (Fsp3) is 0.346. The molecule has 2 aliphatic heterocycles. The topological polar surface area (TPSA) is 120 Å². The first-order valence-electron chi connectivity index (χ1n) is 12.2. The lowest BCUT2D eigenvalue weighted by Crippen LogP contribution is -2.60. The van der Waals surface area contributed by atoms with Crippen LogP contribution in [0.15, 0.2) is 65.8 Å². The third-order valence-electron chi connectivity index (χ3n) is 7.09. The van der Waals surface area contributed by atoms with Gasteiger partial charge in [0.15, 0.2) is 6.23 Å². The molecule has 1 N–H and O–H groups in total. The van der Waals surface area contributed by atoms with Crippen LogP contribution in [0.1, 0.15) is 12.8 Å². The Morgan fingerprint density at radius 3 is 2.45 bits per heavy atom. The lowest BCUT2D eigenvalue weighted by Gasteiger charge is -2.42. The summed E-state index contributed by atoms with van der Waals surface area (Å²) < 4.78 is 32.9. The maximum Gasteiger partial charge on any atom is 0.507 e. The van der Waals surface area contributed by atoms with Crippen LogP contribution in [-0.4, -0.2) is 78.7 Å². The molecule has 200 valence electrons. The number of halogens is 1. The van der Waals surface area contributed by atoms with Crippen LogP contribution in [-0.2, 0) is 19.6 Å². The van der Waals surface area contributed by atoms with Gasteiger partial charge >= 0.3 is 6.16 Å². The largest absolute Gasteiger partial charge is 0.507 e. The summed E-state index contributed by atoms with van der Waals surface area (Å²) in [6.07, 6.45) is 2.29. The minimum absolute atomic E-state index is 0.00568. The number of hydrogen-bond donors (Lipinski definition) is 1. The van der Waals surface area contributed by atoms with Gasteiger partial charge in [0.1, 0.15) is 0 Å². The lowest BCUT2D eigenvalue weighted by atomic mass is 9.95. The van der Waals surface area contributed by atoms with Crippen molar-refractivity contribution in [1.82, 2.24) is 14.2 Å². The van der Waals surface area contributed by atoms with Crippen molar-refractivity contribution < 1.29 is 27.9 Å². The number of piperazine rings is 1. The first kappa shape index (κ1) is 26.2. The zero-order valence-corrected chi connectivity index (χ0v) is 22.0. The van der Waals surface area contributed by atoms with Crippen LogP contribution in [0, 0.1) is 5.92 Å². The Hall–Kier alpha value is -3.41. The van der Waals surface area contributed by atoms with Crippen LogP contribution in [0.2, 0.25) is 5.02 Å². The number of sulfonamides is 1. The third kappa shape index (κ3) is 5.54. The number of fused-ring (bicyclic) bond motifs is 1. The molecule has 2 saturated heterocycles. The Labute approximate surface area is 225 Å². The van der Waals surface area contributed by atoms with Crippen molar-refractivity contribution in [3.05, 3.63) is 65.9 Å². The van der Waals surface area contributed by atoms with E-state index in [1.54, 1.807) is 36.7 Å². The number of piperidine rings is 1. The molecule has 3 heterocycles. The van der Waals surface area contributed by atoms with Crippen LogP contribution < -0.4 is 4.90 Å². The van der Waals surface area contributed by atoms with Gasteiger partial charge in [-0.25, -0.2) is 13.2 Å². The number of amides is 1. The monoisotopic (exact) mass is 558 g/mol. The predicted octanol–water partition coefficient (Wildman–Crippen LogP) is 3.66. The summed E-state index contributed by atoms with van der Waals surface area (Å²) in [5.41, 5.74) is 1.08. The average Bonchev–Trinajstić information content (AvgIpc) is 2.90. The standard InChI is InChI=1S/C26H27ClN4O6S/c27-21-3-1-20-14-23(4-2-19(20)13-21)38(35,36)30-16-24(32)31(25(17-30)37-26(33)34)15-18-7-11-29(12-8-18)22-5-9-28-10-6-22/h1-6,9-10,13-14,18,25H,7-8,11-12,15-17H2,(H,33,34)/t25-/m1/s1. The van der Waals surface area contributed by atoms with E-state index in [0.29, 0.717) is 17.0 Å². The maximum absolute atomic E-state index is 13.5. The predicted molar refractivity (Wildman–Crippen MR) is 142 cm³/mol. The van der Waals surface area contributed by atoms with Gasteiger partial charge in [-0.2, -0.15) is 4.31 Å². The van der Waals surface area contributed by atoms with Crippen molar-refractivity contribution in [2.45, 2.75) is 24.0 Å². The molecule has 3 aromatic rings. The van der Waals surface area contributed by atoms with E-state index in [0.717, 1.165) is 41.3 Å². The second-order valence-electron chi connectivity index (χ2n) is 9.47. The molecule has 2 fully saturated rings. The fourth-order valence-electron chi connectivity index (χ4n) is 5.07. The summed E-state index contributed by atoms with van der Waals surface area (Å²) in [5, 5.41) is 11.3. The molecule has 0 unspecified atom stereocenters. The van der Waals surface area contributed by atoms with E-state index in [9.17, 15) is 23.1 Å². The third-order valence-corrected chi connectivity index (χ3v) is 9.13. The van der Waals surface area contributed by atoms with E-state index < -0.39 is 34.9 Å². The van der Waals surface area contributed by atoms with Gasteiger partial charge in [0.2, 0.25) is 15.9 Å². The van der Waals surface area contributed by atoms with E-state index >= 15 is 0 Å². The van der Waals surface area contributed by atoms with Crippen molar-refractivity contribution in [1.29, 1.82) is 0 Å². The molecule has 1 atom stereocenters. The number of carbonyl (C=O) groups excluding carboxylic acids is 1. The highest BCUT2D eigenvalue weighted by Crippen LogP contribution is 2.29. The number of rotatable bonds is 6. The Bertz CT molecular complexity index is 1450. The van der Waals surface area contributed by atoms with Gasteiger partial charge in [0.25, 0.3) is 0 Å². The number of carbonyl (C=O) groups is 2. The normalized spacial score (nSPS) is 19.6. The average molecular weight is 559 g/mol.